The fourth-order valence-electron chi connectivity index (χ4n) is 3.11. The summed E-state index contributed by atoms with van der Waals surface area (Å²) in [6, 6.07) is 9.97. The first-order valence-electron chi connectivity index (χ1n) is 9.41. The molecule has 0 spiro atoms. The van der Waals surface area contributed by atoms with Crippen LogP contribution in [0.25, 0.3) is 0 Å². The van der Waals surface area contributed by atoms with Crippen molar-refractivity contribution >= 4 is 17.2 Å². The topological polar surface area (TPSA) is 42.0 Å². The van der Waals surface area contributed by atoms with Crippen molar-refractivity contribution in [2.24, 2.45) is 5.92 Å². The molecule has 1 aliphatic rings. The first kappa shape index (κ1) is 19.7. The average Bonchev–Trinajstić information content (AvgIpc) is 3.21. The molecule has 0 atom stereocenters. The highest BCUT2D eigenvalue weighted by Crippen LogP contribution is 2.29. The number of amides is 1. The van der Waals surface area contributed by atoms with Gasteiger partial charge in [-0.25, -0.2) is 0 Å². The molecule has 0 radical (unpaired) electrons. The second-order valence-corrected chi connectivity index (χ2v) is 8.18. The van der Waals surface area contributed by atoms with E-state index in [1.165, 1.54) is 16.9 Å². The minimum Gasteiger partial charge on any atom is -0.493 e. The number of ether oxygens (including phenoxy) is 2. The molecule has 1 saturated heterocycles. The van der Waals surface area contributed by atoms with E-state index in [-0.39, 0.29) is 5.91 Å². The Kier molecular flexibility index (Phi) is 6.74. The molecular weight excluding hydrogens is 360 g/mol. The van der Waals surface area contributed by atoms with Crippen LogP contribution in [0.2, 0.25) is 0 Å². The van der Waals surface area contributed by atoms with Gasteiger partial charge in [0.05, 0.1) is 18.6 Å². The minimum atomic E-state index is 0.151. The third kappa shape index (κ3) is 5.23. The number of carbonyl (C=O) groups excluding carboxylic acids is 1. The number of hydrogen-bond acceptors (Lipinski definition) is 5. The Bertz CT molecular complexity index is 738. The third-order valence-corrected chi connectivity index (χ3v) is 5.46. The monoisotopic (exact) mass is 388 g/mol. The SMILES string of the molecule is COc1cc(CN2CCN(C(=O)c3cccs3)CC2)ccc1OCC(C)C. The van der Waals surface area contributed by atoms with Crippen LogP contribution in [0, 0.1) is 5.92 Å². The molecule has 1 aromatic carbocycles. The summed E-state index contributed by atoms with van der Waals surface area (Å²) in [5.74, 6) is 2.20. The van der Waals surface area contributed by atoms with Crippen LogP contribution in [0.5, 0.6) is 11.5 Å². The molecule has 2 aromatic rings. The van der Waals surface area contributed by atoms with Gasteiger partial charge in [-0.05, 0) is 35.1 Å². The number of carbonyl (C=O) groups is 1. The van der Waals surface area contributed by atoms with Crippen molar-refractivity contribution in [1.29, 1.82) is 0 Å². The Labute approximate surface area is 165 Å². The van der Waals surface area contributed by atoms with E-state index in [2.05, 4.69) is 30.9 Å². The molecule has 5 nitrogen and oxygen atoms in total. The molecule has 146 valence electrons. The Morgan fingerprint density at radius 2 is 1.93 bits per heavy atom. The van der Waals surface area contributed by atoms with Crippen LogP contribution in [0.1, 0.15) is 29.1 Å². The third-order valence-electron chi connectivity index (χ3n) is 4.60. The first-order chi connectivity index (χ1) is 13.1. The van der Waals surface area contributed by atoms with E-state index in [0.29, 0.717) is 12.5 Å². The van der Waals surface area contributed by atoms with E-state index in [1.807, 2.05) is 28.5 Å². The highest BCUT2D eigenvalue weighted by Gasteiger charge is 2.22. The molecule has 0 unspecified atom stereocenters. The summed E-state index contributed by atoms with van der Waals surface area (Å²) in [6.45, 7) is 9.08. The van der Waals surface area contributed by atoms with Gasteiger partial charge in [0.25, 0.3) is 5.91 Å². The number of nitrogens with zero attached hydrogens (tertiary/aromatic N) is 2. The normalized spacial score (nSPS) is 15.2. The predicted octanol–water partition coefficient (Wildman–Crippen LogP) is 3.75. The van der Waals surface area contributed by atoms with Crippen molar-refractivity contribution in [2.75, 3.05) is 39.9 Å². The molecule has 2 heterocycles. The van der Waals surface area contributed by atoms with Gasteiger partial charge in [0.15, 0.2) is 11.5 Å². The Balaban J connectivity index is 1.54. The Morgan fingerprint density at radius 1 is 1.15 bits per heavy atom. The molecule has 27 heavy (non-hydrogen) atoms. The predicted molar refractivity (Wildman–Crippen MR) is 109 cm³/mol. The van der Waals surface area contributed by atoms with Crippen molar-refractivity contribution in [1.82, 2.24) is 9.80 Å². The molecule has 0 aliphatic carbocycles. The highest BCUT2D eigenvalue weighted by atomic mass is 32.1. The van der Waals surface area contributed by atoms with Gasteiger partial charge in [-0.1, -0.05) is 26.0 Å². The molecule has 0 bridgehead atoms. The van der Waals surface area contributed by atoms with Gasteiger partial charge >= 0.3 is 0 Å². The van der Waals surface area contributed by atoms with E-state index in [4.69, 9.17) is 9.47 Å². The number of benzene rings is 1. The highest BCUT2D eigenvalue weighted by molar-refractivity contribution is 7.12. The standard InChI is InChI=1S/C21H28N2O3S/c1-16(2)15-26-18-7-6-17(13-19(18)25-3)14-22-8-10-23(11-9-22)21(24)20-5-4-12-27-20/h4-7,12-13,16H,8-11,14-15H2,1-3H3. The Hall–Kier alpha value is -2.05. The summed E-state index contributed by atoms with van der Waals surface area (Å²) >= 11 is 1.51. The van der Waals surface area contributed by atoms with Gasteiger partial charge in [0.2, 0.25) is 0 Å². The zero-order valence-corrected chi connectivity index (χ0v) is 17.1. The summed E-state index contributed by atoms with van der Waals surface area (Å²) in [4.78, 5) is 17.6. The van der Waals surface area contributed by atoms with Crippen molar-refractivity contribution in [2.45, 2.75) is 20.4 Å². The minimum absolute atomic E-state index is 0.151. The van der Waals surface area contributed by atoms with Crippen molar-refractivity contribution < 1.29 is 14.3 Å². The summed E-state index contributed by atoms with van der Waals surface area (Å²) in [5, 5.41) is 1.95. The van der Waals surface area contributed by atoms with Crippen LogP contribution in [0.3, 0.4) is 0 Å². The largest absolute Gasteiger partial charge is 0.493 e. The van der Waals surface area contributed by atoms with Gasteiger partial charge < -0.3 is 14.4 Å². The van der Waals surface area contributed by atoms with Crippen LogP contribution >= 0.6 is 11.3 Å². The maximum absolute atomic E-state index is 12.4. The summed E-state index contributed by atoms with van der Waals surface area (Å²) in [5.41, 5.74) is 1.20. The maximum Gasteiger partial charge on any atom is 0.264 e. The molecular formula is C21H28N2O3S. The summed E-state index contributed by atoms with van der Waals surface area (Å²) < 4.78 is 11.3. The van der Waals surface area contributed by atoms with Gasteiger partial charge in [0.1, 0.15) is 0 Å². The number of thiophene rings is 1. The van der Waals surface area contributed by atoms with E-state index >= 15 is 0 Å². The molecule has 1 aromatic heterocycles. The molecule has 3 rings (SSSR count). The number of rotatable bonds is 7. The van der Waals surface area contributed by atoms with E-state index in [0.717, 1.165) is 49.1 Å². The van der Waals surface area contributed by atoms with E-state index in [1.54, 1.807) is 7.11 Å². The maximum atomic E-state index is 12.4. The fraction of sp³-hybridized carbons (Fsp3) is 0.476. The fourth-order valence-corrected chi connectivity index (χ4v) is 3.80. The zero-order valence-electron chi connectivity index (χ0n) is 16.3. The molecule has 0 N–H and O–H groups in total. The smallest absolute Gasteiger partial charge is 0.264 e. The lowest BCUT2D eigenvalue weighted by Crippen LogP contribution is -2.48. The number of methoxy groups -OCH3 is 1. The lowest BCUT2D eigenvalue weighted by Gasteiger charge is -2.34. The lowest BCUT2D eigenvalue weighted by atomic mass is 10.1. The quantitative estimate of drug-likeness (QED) is 0.724. The molecule has 1 aliphatic heterocycles. The first-order valence-corrected chi connectivity index (χ1v) is 10.3. The van der Waals surface area contributed by atoms with Crippen LogP contribution in [-0.2, 0) is 6.54 Å². The van der Waals surface area contributed by atoms with E-state index in [9.17, 15) is 4.79 Å². The molecule has 1 fully saturated rings. The molecule has 1 amide bonds. The summed E-state index contributed by atoms with van der Waals surface area (Å²) in [7, 11) is 1.68. The van der Waals surface area contributed by atoms with Crippen molar-refractivity contribution in [3.8, 4) is 11.5 Å². The van der Waals surface area contributed by atoms with Crippen LogP contribution in [-0.4, -0.2) is 55.6 Å². The van der Waals surface area contributed by atoms with Crippen LogP contribution < -0.4 is 9.47 Å². The van der Waals surface area contributed by atoms with Gasteiger partial charge in [-0.2, -0.15) is 0 Å². The summed E-state index contributed by atoms with van der Waals surface area (Å²) in [6.07, 6.45) is 0. The van der Waals surface area contributed by atoms with Gasteiger partial charge in [-0.3, -0.25) is 9.69 Å². The molecule has 0 saturated carbocycles. The zero-order chi connectivity index (χ0) is 19.2. The lowest BCUT2D eigenvalue weighted by molar-refractivity contribution is 0.0633. The average molecular weight is 389 g/mol. The van der Waals surface area contributed by atoms with Crippen LogP contribution in [0.15, 0.2) is 35.7 Å². The van der Waals surface area contributed by atoms with Crippen molar-refractivity contribution in [3.63, 3.8) is 0 Å². The van der Waals surface area contributed by atoms with Gasteiger partial charge in [-0.15, -0.1) is 11.3 Å². The van der Waals surface area contributed by atoms with Crippen molar-refractivity contribution in [3.05, 3.63) is 46.2 Å². The number of piperazine rings is 1. The second-order valence-electron chi connectivity index (χ2n) is 7.24. The Morgan fingerprint density at radius 3 is 2.56 bits per heavy atom. The van der Waals surface area contributed by atoms with Crippen LogP contribution in [0.4, 0.5) is 0 Å². The van der Waals surface area contributed by atoms with Gasteiger partial charge in [0, 0.05) is 32.7 Å². The molecule has 6 heteroatoms. The number of hydrogen-bond donors (Lipinski definition) is 0. The second kappa shape index (κ2) is 9.24. The van der Waals surface area contributed by atoms with E-state index < -0.39 is 0 Å².